The number of phenolic OH excluding ortho intramolecular Hbond substituents is 1. The number of cyclic esters (lactones) is 2. The first-order chi connectivity index (χ1) is 9.28. The Kier molecular flexibility index (Phi) is 3.35. The number of rotatable bonds is 2. The van der Waals surface area contributed by atoms with Crippen molar-refractivity contribution in [3.05, 3.63) is 35.8 Å². The van der Waals surface area contributed by atoms with Crippen LogP contribution >= 0.6 is 0 Å². The fourth-order valence-corrected chi connectivity index (χ4v) is 1.55. The van der Waals surface area contributed by atoms with Crippen LogP contribution in [-0.2, 0) is 19.1 Å². The van der Waals surface area contributed by atoms with Gasteiger partial charge in [-0.25, -0.2) is 14.0 Å². The maximum atomic E-state index is 13.0. The van der Waals surface area contributed by atoms with Crippen LogP contribution in [0, 0.1) is 5.82 Å². The van der Waals surface area contributed by atoms with E-state index in [1.165, 1.54) is 13.8 Å². The molecule has 106 valence electrons. The Hall–Kier alpha value is -2.57. The van der Waals surface area contributed by atoms with Gasteiger partial charge in [-0.15, -0.1) is 0 Å². The standard InChI is InChI=1S/C13H12FNO5/c1-13(2)19-11(17)8(12(18)20-13)6-15-9-5-7(14)3-4-10(9)16/h3-6,15-16H,1-2H3. The molecule has 1 saturated heterocycles. The SMILES string of the molecule is CC1(C)OC(=O)C(=CNc2cc(F)ccc2O)C(=O)O1. The molecule has 2 N–H and O–H groups in total. The first-order valence-corrected chi connectivity index (χ1v) is 5.70. The molecular formula is C13H12FNO5. The average molecular weight is 281 g/mol. The van der Waals surface area contributed by atoms with Crippen molar-refractivity contribution in [2.24, 2.45) is 0 Å². The van der Waals surface area contributed by atoms with Gasteiger partial charge in [-0.1, -0.05) is 0 Å². The van der Waals surface area contributed by atoms with Crippen molar-refractivity contribution in [3.8, 4) is 5.75 Å². The topological polar surface area (TPSA) is 84.9 Å². The summed E-state index contributed by atoms with van der Waals surface area (Å²) in [5, 5.41) is 11.9. The molecule has 7 heteroatoms. The Morgan fingerprint density at radius 3 is 2.45 bits per heavy atom. The Labute approximate surface area is 113 Å². The van der Waals surface area contributed by atoms with E-state index < -0.39 is 23.5 Å². The van der Waals surface area contributed by atoms with Crippen LogP contribution in [-0.4, -0.2) is 22.8 Å². The van der Waals surface area contributed by atoms with E-state index in [1.54, 1.807) is 0 Å². The molecule has 1 aliphatic rings. The molecule has 0 atom stereocenters. The van der Waals surface area contributed by atoms with Gasteiger partial charge in [-0.3, -0.25) is 0 Å². The smallest absolute Gasteiger partial charge is 0.350 e. The highest BCUT2D eigenvalue weighted by molar-refractivity contribution is 6.15. The number of hydrogen-bond acceptors (Lipinski definition) is 6. The van der Waals surface area contributed by atoms with Gasteiger partial charge in [0, 0.05) is 26.1 Å². The van der Waals surface area contributed by atoms with Crippen LogP contribution in [0.1, 0.15) is 13.8 Å². The maximum Gasteiger partial charge on any atom is 0.350 e. The highest BCUT2D eigenvalue weighted by Crippen LogP contribution is 2.26. The molecule has 0 unspecified atom stereocenters. The minimum absolute atomic E-state index is 0.00272. The molecule has 6 nitrogen and oxygen atoms in total. The monoisotopic (exact) mass is 281 g/mol. The molecule has 0 radical (unpaired) electrons. The Morgan fingerprint density at radius 1 is 1.25 bits per heavy atom. The molecule has 0 spiro atoms. The number of aromatic hydroxyl groups is 1. The second-order valence-electron chi connectivity index (χ2n) is 4.54. The molecule has 1 heterocycles. The van der Waals surface area contributed by atoms with Crippen molar-refractivity contribution in [2.45, 2.75) is 19.6 Å². The first-order valence-electron chi connectivity index (χ1n) is 5.70. The second kappa shape index (κ2) is 4.84. The zero-order valence-electron chi connectivity index (χ0n) is 10.8. The van der Waals surface area contributed by atoms with Crippen LogP contribution in [0.25, 0.3) is 0 Å². The number of halogens is 1. The van der Waals surface area contributed by atoms with Crippen LogP contribution in [0.5, 0.6) is 5.75 Å². The maximum absolute atomic E-state index is 13.0. The van der Waals surface area contributed by atoms with Crippen molar-refractivity contribution in [1.82, 2.24) is 0 Å². The summed E-state index contributed by atoms with van der Waals surface area (Å²) in [6.07, 6.45) is 0.994. The molecule has 0 amide bonds. The normalized spacial score (nSPS) is 17.2. The molecule has 20 heavy (non-hydrogen) atoms. The van der Waals surface area contributed by atoms with E-state index in [2.05, 4.69) is 5.32 Å². The van der Waals surface area contributed by atoms with Gasteiger partial charge in [0.25, 0.3) is 5.79 Å². The van der Waals surface area contributed by atoms with Crippen LogP contribution in [0.15, 0.2) is 30.0 Å². The number of anilines is 1. The van der Waals surface area contributed by atoms with Crippen molar-refractivity contribution < 1.29 is 28.6 Å². The zero-order chi connectivity index (χ0) is 14.9. The third kappa shape index (κ3) is 2.87. The van der Waals surface area contributed by atoms with E-state index in [-0.39, 0.29) is 17.0 Å². The van der Waals surface area contributed by atoms with E-state index >= 15 is 0 Å². The van der Waals surface area contributed by atoms with Crippen LogP contribution in [0.4, 0.5) is 10.1 Å². The zero-order valence-corrected chi connectivity index (χ0v) is 10.8. The van der Waals surface area contributed by atoms with E-state index in [1.807, 2.05) is 0 Å². The van der Waals surface area contributed by atoms with Crippen LogP contribution in [0.2, 0.25) is 0 Å². The van der Waals surface area contributed by atoms with Crippen molar-refractivity contribution in [1.29, 1.82) is 0 Å². The Bertz CT molecular complexity index is 587. The number of carbonyl (C=O) groups is 2. The lowest BCUT2D eigenvalue weighted by atomic mass is 10.2. The number of carbonyl (C=O) groups excluding carboxylic acids is 2. The van der Waals surface area contributed by atoms with Gasteiger partial charge in [0.15, 0.2) is 5.57 Å². The molecular weight excluding hydrogens is 269 g/mol. The summed E-state index contributed by atoms with van der Waals surface area (Å²) >= 11 is 0. The van der Waals surface area contributed by atoms with Crippen molar-refractivity contribution in [2.75, 3.05) is 5.32 Å². The van der Waals surface area contributed by atoms with Gasteiger partial charge in [0.05, 0.1) is 5.69 Å². The lowest BCUT2D eigenvalue weighted by molar-refractivity contribution is -0.222. The van der Waals surface area contributed by atoms with Gasteiger partial charge >= 0.3 is 11.9 Å². The lowest BCUT2D eigenvalue weighted by Crippen LogP contribution is -2.42. The fourth-order valence-electron chi connectivity index (χ4n) is 1.55. The molecule has 2 rings (SSSR count). The van der Waals surface area contributed by atoms with Crippen LogP contribution in [0.3, 0.4) is 0 Å². The van der Waals surface area contributed by atoms with Gasteiger partial charge < -0.3 is 19.9 Å². The highest BCUT2D eigenvalue weighted by Gasteiger charge is 2.38. The fraction of sp³-hybridized carbons (Fsp3) is 0.231. The van der Waals surface area contributed by atoms with Gasteiger partial charge in [0.2, 0.25) is 0 Å². The molecule has 0 bridgehead atoms. The largest absolute Gasteiger partial charge is 0.506 e. The summed E-state index contributed by atoms with van der Waals surface area (Å²) in [4.78, 5) is 23.3. The molecule has 1 aromatic rings. The molecule has 1 aromatic carbocycles. The third-order valence-corrected chi connectivity index (χ3v) is 2.45. The number of esters is 2. The quantitative estimate of drug-likeness (QED) is 0.371. The number of benzene rings is 1. The molecule has 0 aliphatic carbocycles. The third-order valence-electron chi connectivity index (χ3n) is 2.45. The number of nitrogens with one attached hydrogen (secondary N) is 1. The number of hydrogen-bond donors (Lipinski definition) is 2. The predicted octanol–water partition coefficient (Wildman–Crippen LogP) is 1.66. The van der Waals surface area contributed by atoms with Gasteiger partial charge in [-0.2, -0.15) is 0 Å². The predicted molar refractivity (Wildman–Crippen MR) is 66.0 cm³/mol. The minimum atomic E-state index is -1.33. The van der Waals surface area contributed by atoms with Crippen LogP contribution < -0.4 is 5.32 Å². The minimum Gasteiger partial charge on any atom is -0.506 e. The van der Waals surface area contributed by atoms with E-state index in [4.69, 9.17) is 9.47 Å². The average Bonchev–Trinajstić information content (AvgIpc) is 2.30. The summed E-state index contributed by atoms with van der Waals surface area (Å²) in [5.74, 6) is -3.88. The molecule has 1 fully saturated rings. The summed E-state index contributed by atoms with van der Waals surface area (Å²) in [5.41, 5.74) is -0.379. The molecule has 0 saturated carbocycles. The molecule has 1 aliphatic heterocycles. The summed E-state index contributed by atoms with van der Waals surface area (Å²) in [6, 6.07) is 3.21. The summed E-state index contributed by atoms with van der Waals surface area (Å²) < 4.78 is 22.8. The van der Waals surface area contributed by atoms with E-state index in [9.17, 15) is 19.1 Å². The second-order valence-corrected chi connectivity index (χ2v) is 4.54. The molecule has 0 aromatic heterocycles. The van der Waals surface area contributed by atoms with E-state index in [0.29, 0.717) is 0 Å². The summed E-state index contributed by atoms with van der Waals surface area (Å²) in [7, 11) is 0. The Morgan fingerprint density at radius 2 is 1.85 bits per heavy atom. The first kappa shape index (κ1) is 13.9. The lowest BCUT2D eigenvalue weighted by Gasteiger charge is -2.29. The van der Waals surface area contributed by atoms with E-state index in [0.717, 1.165) is 24.4 Å². The van der Waals surface area contributed by atoms with Gasteiger partial charge in [0.1, 0.15) is 11.6 Å². The van der Waals surface area contributed by atoms with Gasteiger partial charge in [-0.05, 0) is 12.1 Å². The highest BCUT2D eigenvalue weighted by atomic mass is 19.1. The number of ether oxygens (including phenoxy) is 2. The number of phenols is 1. The van der Waals surface area contributed by atoms with Crippen molar-refractivity contribution in [3.63, 3.8) is 0 Å². The Balaban J connectivity index is 2.21. The summed E-state index contributed by atoms with van der Waals surface area (Å²) in [6.45, 7) is 2.84. The van der Waals surface area contributed by atoms with Crippen molar-refractivity contribution >= 4 is 17.6 Å².